The first kappa shape index (κ1) is 19.3. The molecule has 1 fully saturated rings. The first-order chi connectivity index (χ1) is 13.0. The number of hydrogen-bond donors (Lipinski definition) is 1. The van der Waals surface area contributed by atoms with Crippen LogP contribution in [0.25, 0.3) is 0 Å². The van der Waals surface area contributed by atoms with Crippen molar-refractivity contribution >= 4 is 6.09 Å². The second-order valence-electron chi connectivity index (χ2n) is 6.91. The van der Waals surface area contributed by atoms with Crippen molar-refractivity contribution in [1.82, 2.24) is 9.80 Å². The number of carboxylic acid groups (broad SMARTS) is 1. The Hall–Kier alpha value is -2.47. The molecule has 144 valence electrons. The summed E-state index contributed by atoms with van der Waals surface area (Å²) < 4.78 is 26.6. The van der Waals surface area contributed by atoms with Gasteiger partial charge in [-0.25, -0.2) is 13.6 Å². The summed E-state index contributed by atoms with van der Waals surface area (Å²) in [7, 11) is 0. The highest BCUT2D eigenvalue weighted by Gasteiger charge is 2.21. The lowest BCUT2D eigenvalue weighted by atomic mass is 9.87. The molecular weight excluding hydrogens is 350 g/mol. The molecule has 1 aliphatic heterocycles. The molecule has 0 atom stereocenters. The van der Waals surface area contributed by atoms with Crippen LogP contribution in [0.15, 0.2) is 48.5 Å². The topological polar surface area (TPSA) is 43.8 Å². The molecule has 0 aromatic heterocycles. The summed E-state index contributed by atoms with van der Waals surface area (Å²) in [4.78, 5) is 14.7. The van der Waals surface area contributed by atoms with Gasteiger partial charge in [0.05, 0.1) is 0 Å². The van der Waals surface area contributed by atoms with Crippen molar-refractivity contribution in [1.29, 1.82) is 0 Å². The Balaban J connectivity index is 1.61. The molecule has 2 aromatic rings. The van der Waals surface area contributed by atoms with E-state index in [4.69, 9.17) is 5.11 Å². The Kier molecular flexibility index (Phi) is 6.40. The van der Waals surface area contributed by atoms with Crippen LogP contribution >= 0.6 is 0 Å². The van der Waals surface area contributed by atoms with Crippen molar-refractivity contribution < 1.29 is 18.7 Å². The van der Waals surface area contributed by atoms with E-state index in [9.17, 15) is 13.6 Å². The average molecular weight is 374 g/mol. The monoisotopic (exact) mass is 374 g/mol. The molecule has 1 amide bonds. The van der Waals surface area contributed by atoms with Gasteiger partial charge in [0.2, 0.25) is 0 Å². The normalized spacial score (nSPS) is 15.3. The zero-order valence-corrected chi connectivity index (χ0v) is 15.2. The molecule has 0 bridgehead atoms. The molecule has 6 heteroatoms. The van der Waals surface area contributed by atoms with E-state index in [0.717, 1.165) is 43.6 Å². The Labute approximate surface area is 158 Å². The van der Waals surface area contributed by atoms with E-state index < -0.39 is 6.09 Å². The van der Waals surface area contributed by atoms with Gasteiger partial charge < -0.3 is 10.0 Å². The molecule has 4 nitrogen and oxygen atoms in total. The number of carbonyl (C=O) groups is 1. The minimum atomic E-state index is -0.859. The summed E-state index contributed by atoms with van der Waals surface area (Å²) in [6.07, 6.45) is 0.922. The van der Waals surface area contributed by atoms with Crippen LogP contribution in [0.5, 0.6) is 0 Å². The molecule has 3 rings (SSSR count). The minimum Gasteiger partial charge on any atom is -0.465 e. The summed E-state index contributed by atoms with van der Waals surface area (Å²) in [6.45, 7) is 3.43. The molecule has 2 aromatic carbocycles. The SMILES string of the molecule is O=C(O)N1CCN(CCCC(c2ccc(F)cc2)c2ccc(F)cc2)CC1. The number of nitrogens with zero attached hydrogens (tertiary/aromatic N) is 2. The van der Waals surface area contributed by atoms with Gasteiger partial charge in [0, 0.05) is 32.1 Å². The fourth-order valence-electron chi connectivity index (χ4n) is 3.60. The molecule has 0 radical (unpaired) electrons. The minimum absolute atomic E-state index is 0.0755. The third-order valence-electron chi connectivity index (χ3n) is 5.15. The van der Waals surface area contributed by atoms with Gasteiger partial charge in [-0.05, 0) is 54.8 Å². The Morgan fingerprint density at radius 1 is 0.889 bits per heavy atom. The van der Waals surface area contributed by atoms with Gasteiger partial charge in [0.25, 0.3) is 0 Å². The predicted molar refractivity (Wildman–Crippen MR) is 99.9 cm³/mol. The van der Waals surface area contributed by atoms with Crippen LogP contribution in [0.2, 0.25) is 0 Å². The number of benzene rings is 2. The number of piperazine rings is 1. The highest BCUT2D eigenvalue weighted by Crippen LogP contribution is 2.29. The fourth-order valence-corrected chi connectivity index (χ4v) is 3.60. The van der Waals surface area contributed by atoms with E-state index in [1.165, 1.54) is 29.2 Å². The van der Waals surface area contributed by atoms with Crippen LogP contribution in [-0.4, -0.2) is 53.7 Å². The molecule has 1 N–H and O–H groups in total. The summed E-state index contributed by atoms with van der Waals surface area (Å²) in [6, 6.07) is 13.0. The first-order valence-electron chi connectivity index (χ1n) is 9.24. The fraction of sp³-hybridized carbons (Fsp3) is 0.381. The van der Waals surface area contributed by atoms with E-state index in [2.05, 4.69) is 4.90 Å². The standard InChI is InChI=1S/C21H24F2N2O2/c22-18-7-3-16(4-8-18)20(17-5-9-19(23)10-6-17)2-1-11-24-12-14-25(15-13-24)21(26)27/h3-10,20H,1-2,11-15H2,(H,26,27). The molecule has 0 unspecified atom stereocenters. The molecule has 0 aliphatic carbocycles. The summed E-state index contributed by atoms with van der Waals surface area (Å²) in [5, 5.41) is 9.02. The highest BCUT2D eigenvalue weighted by atomic mass is 19.1. The second kappa shape index (κ2) is 8.95. The van der Waals surface area contributed by atoms with Crippen molar-refractivity contribution in [2.75, 3.05) is 32.7 Å². The molecule has 27 heavy (non-hydrogen) atoms. The van der Waals surface area contributed by atoms with Gasteiger partial charge in [-0.15, -0.1) is 0 Å². The summed E-state index contributed by atoms with van der Waals surface area (Å²) in [5.41, 5.74) is 2.03. The van der Waals surface area contributed by atoms with Gasteiger partial charge in [-0.1, -0.05) is 24.3 Å². The van der Waals surface area contributed by atoms with Crippen LogP contribution in [0.4, 0.5) is 13.6 Å². The van der Waals surface area contributed by atoms with E-state index in [0.29, 0.717) is 13.1 Å². The van der Waals surface area contributed by atoms with Gasteiger partial charge in [-0.2, -0.15) is 0 Å². The molecule has 1 saturated heterocycles. The molecule has 0 saturated carbocycles. The number of halogens is 2. The van der Waals surface area contributed by atoms with E-state index in [1.54, 1.807) is 24.3 Å². The predicted octanol–water partition coefficient (Wildman–Crippen LogP) is 4.17. The summed E-state index contributed by atoms with van der Waals surface area (Å²) in [5.74, 6) is -0.465. The van der Waals surface area contributed by atoms with Crippen LogP contribution in [0.1, 0.15) is 29.9 Å². The zero-order valence-electron chi connectivity index (χ0n) is 15.2. The van der Waals surface area contributed by atoms with Crippen LogP contribution in [0.3, 0.4) is 0 Å². The van der Waals surface area contributed by atoms with Gasteiger partial charge in [0.1, 0.15) is 11.6 Å². The smallest absolute Gasteiger partial charge is 0.407 e. The maximum Gasteiger partial charge on any atom is 0.407 e. The average Bonchev–Trinajstić information content (AvgIpc) is 2.67. The molecule has 1 heterocycles. The van der Waals surface area contributed by atoms with Crippen LogP contribution in [0, 0.1) is 11.6 Å². The maximum atomic E-state index is 13.3. The number of amides is 1. The first-order valence-corrected chi connectivity index (χ1v) is 9.24. The van der Waals surface area contributed by atoms with Crippen molar-refractivity contribution in [2.45, 2.75) is 18.8 Å². The quantitative estimate of drug-likeness (QED) is 0.825. The van der Waals surface area contributed by atoms with Crippen LogP contribution in [-0.2, 0) is 0 Å². The van der Waals surface area contributed by atoms with E-state index >= 15 is 0 Å². The second-order valence-corrected chi connectivity index (χ2v) is 6.91. The Morgan fingerprint density at radius 3 is 1.81 bits per heavy atom. The third kappa shape index (κ3) is 5.26. The number of rotatable bonds is 6. The lowest BCUT2D eigenvalue weighted by molar-refractivity contribution is 0.105. The van der Waals surface area contributed by atoms with Crippen molar-refractivity contribution in [2.24, 2.45) is 0 Å². The van der Waals surface area contributed by atoms with Crippen molar-refractivity contribution in [3.63, 3.8) is 0 Å². The third-order valence-corrected chi connectivity index (χ3v) is 5.15. The Morgan fingerprint density at radius 2 is 1.37 bits per heavy atom. The summed E-state index contributed by atoms with van der Waals surface area (Å²) >= 11 is 0. The van der Waals surface area contributed by atoms with Gasteiger partial charge in [-0.3, -0.25) is 4.90 Å². The van der Waals surface area contributed by atoms with E-state index in [-0.39, 0.29) is 17.6 Å². The van der Waals surface area contributed by atoms with E-state index in [1.807, 2.05) is 0 Å². The maximum absolute atomic E-state index is 13.3. The van der Waals surface area contributed by atoms with Crippen molar-refractivity contribution in [3.05, 3.63) is 71.3 Å². The Bertz CT molecular complexity index is 696. The molecule has 0 spiro atoms. The largest absolute Gasteiger partial charge is 0.465 e. The van der Waals surface area contributed by atoms with Gasteiger partial charge in [0.15, 0.2) is 0 Å². The highest BCUT2D eigenvalue weighted by molar-refractivity contribution is 5.65. The molecule has 1 aliphatic rings. The number of hydrogen-bond acceptors (Lipinski definition) is 2. The van der Waals surface area contributed by atoms with Crippen LogP contribution < -0.4 is 0 Å². The van der Waals surface area contributed by atoms with Crippen molar-refractivity contribution in [3.8, 4) is 0 Å². The van der Waals surface area contributed by atoms with Gasteiger partial charge >= 0.3 is 6.09 Å². The zero-order chi connectivity index (χ0) is 19.2. The molecular formula is C21H24F2N2O2. The lowest BCUT2D eigenvalue weighted by Gasteiger charge is -2.33. The lowest BCUT2D eigenvalue weighted by Crippen LogP contribution is -2.48.